The molecule has 1 heterocycles. The Kier molecular flexibility index (Phi) is 5.77. The lowest BCUT2D eigenvalue weighted by Gasteiger charge is -2.29. The molecule has 1 aliphatic rings. The van der Waals surface area contributed by atoms with Crippen LogP contribution in [0.2, 0.25) is 0 Å². The SMILES string of the molecule is COc1ccc([C@@H]2NC(=O)NC(C)=C2C(=O)Nc2ccc(C)c(C)c2)cc1OC. The van der Waals surface area contributed by atoms with Gasteiger partial charge in [-0.15, -0.1) is 0 Å². The molecule has 2 aromatic rings. The molecule has 1 aliphatic heterocycles. The Labute approximate surface area is 170 Å². The van der Waals surface area contributed by atoms with Crippen molar-refractivity contribution < 1.29 is 19.1 Å². The van der Waals surface area contributed by atoms with Gasteiger partial charge < -0.3 is 25.4 Å². The number of urea groups is 1. The summed E-state index contributed by atoms with van der Waals surface area (Å²) in [5.74, 6) is 0.792. The molecule has 3 N–H and O–H groups in total. The molecule has 0 aromatic heterocycles. The van der Waals surface area contributed by atoms with E-state index in [0.29, 0.717) is 34.0 Å². The summed E-state index contributed by atoms with van der Waals surface area (Å²) in [6.07, 6.45) is 0. The number of carbonyl (C=O) groups excluding carboxylic acids is 2. The van der Waals surface area contributed by atoms with E-state index >= 15 is 0 Å². The fourth-order valence-electron chi connectivity index (χ4n) is 3.29. The molecule has 1 atom stereocenters. The van der Waals surface area contributed by atoms with Crippen molar-refractivity contribution in [1.29, 1.82) is 0 Å². The number of benzene rings is 2. The van der Waals surface area contributed by atoms with Crippen LogP contribution in [0.15, 0.2) is 47.7 Å². The van der Waals surface area contributed by atoms with E-state index in [1.54, 1.807) is 32.2 Å². The number of methoxy groups -OCH3 is 2. The zero-order valence-corrected chi connectivity index (χ0v) is 17.2. The van der Waals surface area contributed by atoms with Crippen molar-refractivity contribution in [1.82, 2.24) is 10.6 Å². The highest BCUT2D eigenvalue weighted by molar-refractivity contribution is 6.06. The van der Waals surface area contributed by atoms with Crippen LogP contribution in [-0.4, -0.2) is 26.2 Å². The van der Waals surface area contributed by atoms with Crippen LogP contribution < -0.4 is 25.4 Å². The molecule has 152 valence electrons. The molecule has 29 heavy (non-hydrogen) atoms. The van der Waals surface area contributed by atoms with Crippen LogP contribution in [0.5, 0.6) is 11.5 Å². The molecule has 0 fully saturated rings. The van der Waals surface area contributed by atoms with Crippen LogP contribution in [0, 0.1) is 13.8 Å². The first-order valence-electron chi connectivity index (χ1n) is 9.23. The third-order valence-corrected chi connectivity index (χ3v) is 5.02. The smallest absolute Gasteiger partial charge is 0.319 e. The van der Waals surface area contributed by atoms with E-state index in [1.807, 2.05) is 32.0 Å². The second-order valence-electron chi connectivity index (χ2n) is 6.94. The standard InChI is InChI=1S/C22H25N3O4/c1-12-6-8-16(10-13(12)2)24-21(26)19-14(3)23-22(27)25-20(19)15-7-9-17(28-4)18(11-15)29-5/h6-11,20H,1-5H3,(H,24,26)(H2,23,25,27)/t20-/m0/s1. The molecule has 0 radical (unpaired) electrons. The largest absolute Gasteiger partial charge is 0.493 e. The van der Waals surface area contributed by atoms with Crippen LogP contribution in [0.25, 0.3) is 0 Å². The van der Waals surface area contributed by atoms with E-state index < -0.39 is 6.04 Å². The third kappa shape index (κ3) is 4.18. The minimum absolute atomic E-state index is 0.293. The molecule has 7 heteroatoms. The summed E-state index contributed by atoms with van der Waals surface area (Å²) in [6.45, 7) is 5.72. The van der Waals surface area contributed by atoms with Crippen molar-refractivity contribution >= 4 is 17.6 Å². The van der Waals surface area contributed by atoms with Gasteiger partial charge in [0.25, 0.3) is 5.91 Å². The Morgan fingerprint density at radius 2 is 1.69 bits per heavy atom. The predicted molar refractivity (Wildman–Crippen MR) is 111 cm³/mol. The molecule has 0 saturated heterocycles. The lowest BCUT2D eigenvalue weighted by atomic mass is 9.94. The Hall–Kier alpha value is -3.48. The van der Waals surface area contributed by atoms with Crippen LogP contribution >= 0.6 is 0 Å². The molecule has 0 spiro atoms. The average molecular weight is 395 g/mol. The van der Waals surface area contributed by atoms with Crippen molar-refractivity contribution in [2.45, 2.75) is 26.8 Å². The number of ether oxygens (including phenoxy) is 2. The van der Waals surface area contributed by atoms with Gasteiger partial charge in [-0.3, -0.25) is 4.79 Å². The van der Waals surface area contributed by atoms with E-state index in [0.717, 1.165) is 11.1 Å². The van der Waals surface area contributed by atoms with E-state index in [9.17, 15) is 9.59 Å². The molecular weight excluding hydrogens is 370 g/mol. The van der Waals surface area contributed by atoms with Crippen LogP contribution in [-0.2, 0) is 4.79 Å². The van der Waals surface area contributed by atoms with Gasteiger partial charge in [0.05, 0.1) is 25.8 Å². The summed E-state index contributed by atoms with van der Waals surface area (Å²) in [7, 11) is 3.09. The normalized spacial score (nSPS) is 16.0. The lowest BCUT2D eigenvalue weighted by molar-refractivity contribution is -0.113. The van der Waals surface area contributed by atoms with Gasteiger partial charge in [-0.25, -0.2) is 4.79 Å². The van der Waals surface area contributed by atoms with Gasteiger partial charge in [0, 0.05) is 11.4 Å². The maximum absolute atomic E-state index is 13.1. The zero-order chi connectivity index (χ0) is 21.1. The molecular formula is C22H25N3O4. The van der Waals surface area contributed by atoms with Gasteiger partial charge >= 0.3 is 6.03 Å². The molecule has 0 unspecified atom stereocenters. The first kappa shape index (κ1) is 20.3. The second kappa shape index (κ2) is 8.26. The van der Waals surface area contributed by atoms with Crippen molar-refractivity contribution in [3.05, 3.63) is 64.4 Å². The number of hydrogen-bond acceptors (Lipinski definition) is 4. The second-order valence-corrected chi connectivity index (χ2v) is 6.94. The van der Waals surface area contributed by atoms with Crippen LogP contribution in [0.3, 0.4) is 0 Å². The Morgan fingerprint density at radius 3 is 2.34 bits per heavy atom. The number of amides is 3. The van der Waals surface area contributed by atoms with Crippen LogP contribution in [0.1, 0.15) is 29.7 Å². The van der Waals surface area contributed by atoms with Crippen LogP contribution in [0.4, 0.5) is 10.5 Å². The minimum atomic E-state index is -0.630. The number of allylic oxidation sites excluding steroid dienone is 1. The highest BCUT2D eigenvalue weighted by Crippen LogP contribution is 2.34. The Balaban J connectivity index is 1.97. The number of nitrogens with one attached hydrogen (secondary N) is 3. The Morgan fingerprint density at radius 1 is 0.966 bits per heavy atom. The number of anilines is 1. The number of rotatable bonds is 5. The van der Waals surface area contributed by atoms with E-state index in [2.05, 4.69) is 16.0 Å². The summed E-state index contributed by atoms with van der Waals surface area (Å²) in [6, 6.07) is 10.0. The quantitative estimate of drug-likeness (QED) is 0.722. The van der Waals surface area contributed by atoms with Crippen molar-refractivity contribution in [3.63, 3.8) is 0 Å². The molecule has 7 nitrogen and oxygen atoms in total. The average Bonchev–Trinajstić information content (AvgIpc) is 2.69. The summed E-state index contributed by atoms with van der Waals surface area (Å²) in [4.78, 5) is 25.2. The molecule has 3 rings (SSSR count). The van der Waals surface area contributed by atoms with Crippen molar-refractivity contribution in [2.24, 2.45) is 0 Å². The third-order valence-electron chi connectivity index (χ3n) is 5.02. The van der Waals surface area contributed by atoms with Gasteiger partial charge in [-0.2, -0.15) is 0 Å². The summed E-state index contributed by atoms with van der Waals surface area (Å²) in [5.41, 5.74) is 4.56. The number of carbonyl (C=O) groups is 2. The summed E-state index contributed by atoms with van der Waals surface area (Å²) in [5, 5.41) is 8.44. The molecule has 0 saturated carbocycles. The van der Waals surface area contributed by atoms with Gasteiger partial charge in [0.2, 0.25) is 0 Å². The fraction of sp³-hybridized carbons (Fsp3) is 0.273. The highest BCUT2D eigenvalue weighted by atomic mass is 16.5. The molecule has 3 amide bonds. The number of aryl methyl sites for hydroxylation is 2. The van der Waals surface area contributed by atoms with Crippen molar-refractivity contribution in [3.8, 4) is 11.5 Å². The summed E-state index contributed by atoms with van der Waals surface area (Å²) >= 11 is 0. The van der Waals surface area contributed by atoms with E-state index in [4.69, 9.17) is 9.47 Å². The maximum Gasteiger partial charge on any atom is 0.319 e. The van der Waals surface area contributed by atoms with E-state index in [1.165, 1.54) is 7.11 Å². The monoisotopic (exact) mass is 395 g/mol. The van der Waals surface area contributed by atoms with Gasteiger partial charge in [0.1, 0.15) is 0 Å². The molecule has 0 bridgehead atoms. The topological polar surface area (TPSA) is 88.7 Å². The van der Waals surface area contributed by atoms with Gasteiger partial charge in [-0.1, -0.05) is 12.1 Å². The first-order valence-corrected chi connectivity index (χ1v) is 9.23. The molecule has 0 aliphatic carbocycles. The van der Waals surface area contributed by atoms with E-state index in [-0.39, 0.29) is 11.9 Å². The Bertz CT molecular complexity index is 998. The lowest BCUT2D eigenvalue weighted by Crippen LogP contribution is -2.46. The fourth-order valence-corrected chi connectivity index (χ4v) is 3.29. The first-order chi connectivity index (χ1) is 13.8. The summed E-state index contributed by atoms with van der Waals surface area (Å²) < 4.78 is 10.6. The zero-order valence-electron chi connectivity index (χ0n) is 17.2. The van der Waals surface area contributed by atoms with Gasteiger partial charge in [-0.05, 0) is 61.7 Å². The highest BCUT2D eigenvalue weighted by Gasteiger charge is 2.31. The van der Waals surface area contributed by atoms with Gasteiger partial charge in [0.15, 0.2) is 11.5 Å². The molecule has 2 aromatic carbocycles. The minimum Gasteiger partial charge on any atom is -0.493 e. The van der Waals surface area contributed by atoms with Crippen molar-refractivity contribution in [2.75, 3.05) is 19.5 Å². The maximum atomic E-state index is 13.1. The predicted octanol–water partition coefficient (Wildman–Crippen LogP) is 3.59. The number of hydrogen-bond donors (Lipinski definition) is 3.